The molecule has 1 aromatic rings. The SMILES string of the molecule is CC/C=C/c1cccc(C)n1. The number of rotatable bonds is 2. The molecule has 0 bridgehead atoms. The molecule has 0 aromatic carbocycles. The standard InChI is InChI=1S/C10H13N/c1-3-4-7-10-8-5-6-9(2)11-10/h4-8H,3H2,1-2H3/b7-4+. The largest absolute Gasteiger partial charge is 0.254 e. The number of aromatic nitrogens is 1. The van der Waals surface area contributed by atoms with Crippen molar-refractivity contribution in [1.29, 1.82) is 0 Å². The van der Waals surface area contributed by atoms with Crippen molar-refractivity contribution in [3.63, 3.8) is 0 Å². The minimum Gasteiger partial charge on any atom is -0.254 e. The van der Waals surface area contributed by atoms with Crippen molar-refractivity contribution < 1.29 is 0 Å². The van der Waals surface area contributed by atoms with Crippen molar-refractivity contribution in [2.75, 3.05) is 0 Å². The minimum atomic E-state index is 1.05. The van der Waals surface area contributed by atoms with Gasteiger partial charge in [-0.05, 0) is 31.6 Å². The van der Waals surface area contributed by atoms with Gasteiger partial charge in [0.1, 0.15) is 0 Å². The van der Waals surface area contributed by atoms with Gasteiger partial charge in [0.05, 0.1) is 5.69 Å². The summed E-state index contributed by atoms with van der Waals surface area (Å²) >= 11 is 0. The highest BCUT2D eigenvalue weighted by Gasteiger charge is 1.86. The Morgan fingerprint density at radius 1 is 1.45 bits per heavy atom. The van der Waals surface area contributed by atoms with Crippen LogP contribution in [0.25, 0.3) is 6.08 Å². The Kier molecular flexibility index (Phi) is 2.84. The third kappa shape index (κ3) is 2.54. The second-order valence-corrected chi connectivity index (χ2v) is 2.51. The Bertz CT molecular complexity index is 251. The molecule has 0 aliphatic rings. The molecule has 0 aliphatic heterocycles. The van der Waals surface area contributed by atoms with E-state index in [1.807, 2.05) is 31.2 Å². The number of allylic oxidation sites excluding steroid dienone is 1. The lowest BCUT2D eigenvalue weighted by Gasteiger charge is -1.93. The van der Waals surface area contributed by atoms with Crippen LogP contribution in [0.3, 0.4) is 0 Å². The average molecular weight is 147 g/mol. The van der Waals surface area contributed by atoms with Crippen molar-refractivity contribution in [1.82, 2.24) is 4.98 Å². The van der Waals surface area contributed by atoms with E-state index in [9.17, 15) is 0 Å². The smallest absolute Gasteiger partial charge is 0.0629 e. The molecule has 58 valence electrons. The first kappa shape index (κ1) is 7.99. The molecule has 11 heavy (non-hydrogen) atoms. The van der Waals surface area contributed by atoms with E-state index in [1.54, 1.807) is 0 Å². The molecule has 0 N–H and O–H groups in total. The Morgan fingerprint density at radius 2 is 2.27 bits per heavy atom. The van der Waals surface area contributed by atoms with Crippen LogP contribution in [-0.2, 0) is 0 Å². The van der Waals surface area contributed by atoms with Gasteiger partial charge in [0, 0.05) is 5.69 Å². The van der Waals surface area contributed by atoms with E-state index in [0.29, 0.717) is 0 Å². The first-order valence-corrected chi connectivity index (χ1v) is 3.93. The van der Waals surface area contributed by atoms with E-state index in [2.05, 4.69) is 18.0 Å². The maximum atomic E-state index is 4.32. The summed E-state index contributed by atoms with van der Waals surface area (Å²) in [6.07, 6.45) is 5.23. The minimum absolute atomic E-state index is 1.05. The first-order valence-electron chi connectivity index (χ1n) is 3.93. The third-order valence-electron chi connectivity index (χ3n) is 1.43. The van der Waals surface area contributed by atoms with Gasteiger partial charge in [-0.25, -0.2) is 0 Å². The highest BCUT2D eigenvalue weighted by Crippen LogP contribution is 2.00. The first-order chi connectivity index (χ1) is 5.33. The van der Waals surface area contributed by atoms with Crippen LogP contribution in [-0.4, -0.2) is 4.98 Å². The lowest BCUT2D eigenvalue weighted by Crippen LogP contribution is -1.82. The van der Waals surface area contributed by atoms with Gasteiger partial charge in [-0.15, -0.1) is 0 Å². The Morgan fingerprint density at radius 3 is 2.91 bits per heavy atom. The summed E-state index contributed by atoms with van der Waals surface area (Å²) in [5, 5.41) is 0. The Hall–Kier alpha value is -1.11. The number of nitrogens with zero attached hydrogens (tertiary/aromatic N) is 1. The molecule has 0 radical (unpaired) electrons. The van der Waals surface area contributed by atoms with Crippen LogP contribution in [0.4, 0.5) is 0 Å². The highest BCUT2D eigenvalue weighted by molar-refractivity contribution is 5.44. The van der Waals surface area contributed by atoms with Crippen LogP contribution in [0.1, 0.15) is 24.7 Å². The lowest BCUT2D eigenvalue weighted by atomic mass is 10.3. The quantitative estimate of drug-likeness (QED) is 0.626. The molecule has 1 nitrogen and oxygen atoms in total. The van der Waals surface area contributed by atoms with Crippen LogP contribution >= 0.6 is 0 Å². The highest BCUT2D eigenvalue weighted by atomic mass is 14.7. The third-order valence-corrected chi connectivity index (χ3v) is 1.43. The Labute approximate surface area is 67.8 Å². The summed E-state index contributed by atoms with van der Waals surface area (Å²) in [7, 11) is 0. The molecule has 0 saturated carbocycles. The summed E-state index contributed by atoms with van der Waals surface area (Å²) in [5.74, 6) is 0. The molecule has 0 unspecified atom stereocenters. The average Bonchev–Trinajstić information content (AvgIpc) is 2.01. The van der Waals surface area contributed by atoms with Crippen LogP contribution in [0, 0.1) is 6.92 Å². The van der Waals surface area contributed by atoms with Gasteiger partial charge in [0.2, 0.25) is 0 Å². The topological polar surface area (TPSA) is 12.9 Å². The molecule has 1 heteroatoms. The number of hydrogen-bond acceptors (Lipinski definition) is 1. The van der Waals surface area contributed by atoms with Gasteiger partial charge in [0.15, 0.2) is 0 Å². The summed E-state index contributed by atoms with van der Waals surface area (Å²) in [4.78, 5) is 4.32. The van der Waals surface area contributed by atoms with E-state index in [-0.39, 0.29) is 0 Å². The van der Waals surface area contributed by atoms with Gasteiger partial charge in [-0.2, -0.15) is 0 Å². The monoisotopic (exact) mass is 147 g/mol. The molecule has 0 spiro atoms. The summed E-state index contributed by atoms with van der Waals surface area (Å²) in [6, 6.07) is 6.04. The second kappa shape index (κ2) is 3.91. The number of pyridine rings is 1. The summed E-state index contributed by atoms with van der Waals surface area (Å²) in [5.41, 5.74) is 2.12. The molecule has 0 amide bonds. The molecule has 0 saturated heterocycles. The van der Waals surface area contributed by atoms with Crippen LogP contribution in [0.2, 0.25) is 0 Å². The van der Waals surface area contributed by atoms with Crippen molar-refractivity contribution in [3.8, 4) is 0 Å². The summed E-state index contributed by atoms with van der Waals surface area (Å²) < 4.78 is 0. The van der Waals surface area contributed by atoms with Crippen LogP contribution in [0.15, 0.2) is 24.3 Å². The van der Waals surface area contributed by atoms with Gasteiger partial charge < -0.3 is 0 Å². The van der Waals surface area contributed by atoms with Crippen molar-refractivity contribution in [2.45, 2.75) is 20.3 Å². The molecule has 0 atom stereocenters. The van der Waals surface area contributed by atoms with E-state index in [1.165, 1.54) is 0 Å². The second-order valence-electron chi connectivity index (χ2n) is 2.51. The molecular formula is C10H13N. The van der Waals surface area contributed by atoms with Gasteiger partial charge in [-0.3, -0.25) is 4.98 Å². The molecule has 0 aliphatic carbocycles. The van der Waals surface area contributed by atoms with E-state index < -0.39 is 0 Å². The maximum absolute atomic E-state index is 4.32. The fourth-order valence-electron chi connectivity index (χ4n) is 0.896. The van der Waals surface area contributed by atoms with Gasteiger partial charge in [0.25, 0.3) is 0 Å². The van der Waals surface area contributed by atoms with Crippen molar-refractivity contribution in [2.24, 2.45) is 0 Å². The van der Waals surface area contributed by atoms with Crippen molar-refractivity contribution in [3.05, 3.63) is 35.7 Å². The van der Waals surface area contributed by atoms with Gasteiger partial charge >= 0.3 is 0 Å². The molecular weight excluding hydrogens is 134 g/mol. The zero-order valence-electron chi connectivity index (χ0n) is 7.04. The summed E-state index contributed by atoms with van der Waals surface area (Å²) in [6.45, 7) is 4.12. The van der Waals surface area contributed by atoms with E-state index >= 15 is 0 Å². The Balaban J connectivity index is 2.79. The predicted octanol–water partition coefficient (Wildman–Crippen LogP) is 2.81. The zero-order chi connectivity index (χ0) is 8.10. The maximum Gasteiger partial charge on any atom is 0.0629 e. The fraction of sp³-hybridized carbons (Fsp3) is 0.300. The molecule has 0 fully saturated rings. The normalized spacial score (nSPS) is 10.7. The van der Waals surface area contributed by atoms with Crippen molar-refractivity contribution >= 4 is 6.08 Å². The van der Waals surface area contributed by atoms with Crippen LogP contribution in [0.5, 0.6) is 0 Å². The molecule has 1 rings (SSSR count). The molecule has 1 heterocycles. The zero-order valence-corrected chi connectivity index (χ0v) is 7.04. The molecule has 1 aromatic heterocycles. The van der Waals surface area contributed by atoms with E-state index in [4.69, 9.17) is 0 Å². The fourth-order valence-corrected chi connectivity index (χ4v) is 0.896. The number of hydrogen-bond donors (Lipinski definition) is 0. The predicted molar refractivity (Wildman–Crippen MR) is 48.3 cm³/mol. The number of aryl methyl sites for hydroxylation is 1. The van der Waals surface area contributed by atoms with Gasteiger partial charge in [-0.1, -0.05) is 19.1 Å². The van der Waals surface area contributed by atoms with Crippen LogP contribution < -0.4 is 0 Å². The lowest BCUT2D eigenvalue weighted by molar-refractivity contribution is 1.17. The van der Waals surface area contributed by atoms with E-state index in [0.717, 1.165) is 17.8 Å².